The van der Waals surface area contributed by atoms with Crippen molar-refractivity contribution >= 4 is 0 Å². The molecular formula is C31H35F3O. The molecule has 1 fully saturated rings. The van der Waals surface area contributed by atoms with Gasteiger partial charge in [-0.1, -0.05) is 69.2 Å². The zero-order valence-electron chi connectivity index (χ0n) is 20.8. The second-order valence-corrected chi connectivity index (χ2v) is 9.80. The zero-order valence-corrected chi connectivity index (χ0v) is 20.8. The van der Waals surface area contributed by atoms with Crippen molar-refractivity contribution in [1.29, 1.82) is 0 Å². The second-order valence-electron chi connectivity index (χ2n) is 9.80. The molecular weight excluding hydrogens is 445 g/mol. The Labute approximate surface area is 207 Å². The Morgan fingerprint density at radius 2 is 1.57 bits per heavy atom. The molecule has 3 aromatic rings. The maximum Gasteiger partial charge on any atom is 0.166 e. The smallest absolute Gasteiger partial charge is 0.166 e. The van der Waals surface area contributed by atoms with Crippen molar-refractivity contribution in [3.63, 3.8) is 0 Å². The summed E-state index contributed by atoms with van der Waals surface area (Å²) >= 11 is 0. The summed E-state index contributed by atoms with van der Waals surface area (Å²) in [5.41, 5.74) is 2.98. The fourth-order valence-corrected chi connectivity index (χ4v) is 5.12. The van der Waals surface area contributed by atoms with Gasteiger partial charge in [0.05, 0.1) is 0 Å². The maximum absolute atomic E-state index is 15.0. The van der Waals surface area contributed by atoms with Crippen LogP contribution in [0.2, 0.25) is 0 Å². The molecule has 0 radical (unpaired) electrons. The van der Waals surface area contributed by atoms with Gasteiger partial charge in [-0.3, -0.25) is 0 Å². The number of hydrogen-bond acceptors (Lipinski definition) is 1. The lowest BCUT2D eigenvalue weighted by atomic mass is 9.77. The van der Waals surface area contributed by atoms with E-state index in [2.05, 4.69) is 13.8 Å². The number of rotatable bonds is 9. The van der Waals surface area contributed by atoms with Gasteiger partial charge in [-0.2, -0.15) is 0 Å². The second kappa shape index (κ2) is 11.8. The lowest BCUT2D eigenvalue weighted by Crippen LogP contribution is -2.14. The number of ether oxygens (including phenoxy) is 1. The van der Waals surface area contributed by atoms with Crippen LogP contribution in [0, 0.1) is 23.4 Å². The van der Waals surface area contributed by atoms with Gasteiger partial charge in [0.1, 0.15) is 18.2 Å². The van der Waals surface area contributed by atoms with Crippen LogP contribution < -0.4 is 4.74 Å². The van der Waals surface area contributed by atoms with E-state index in [4.69, 9.17) is 4.74 Å². The summed E-state index contributed by atoms with van der Waals surface area (Å²) in [6, 6.07) is 15.7. The molecule has 0 saturated heterocycles. The molecule has 186 valence electrons. The van der Waals surface area contributed by atoms with E-state index in [-0.39, 0.29) is 23.9 Å². The Morgan fingerprint density at radius 1 is 0.829 bits per heavy atom. The minimum absolute atomic E-state index is 0.103. The topological polar surface area (TPSA) is 9.23 Å². The van der Waals surface area contributed by atoms with E-state index < -0.39 is 11.6 Å². The Bertz CT molecular complexity index is 1110. The largest absolute Gasteiger partial charge is 0.489 e. The van der Waals surface area contributed by atoms with Crippen molar-refractivity contribution in [2.24, 2.45) is 5.92 Å². The van der Waals surface area contributed by atoms with E-state index in [1.165, 1.54) is 6.07 Å². The molecule has 1 nitrogen and oxygen atoms in total. The molecule has 0 bridgehead atoms. The molecule has 1 aliphatic carbocycles. The highest BCUT2D eigenvalue weighted by molar-refractivity contribution is 5.65. The van der Waals surface area contributed by atoms with Gasteiger partial charge in [-0.15, -0.1) is 0 Å². The first kappa shape index (κ1) is 25.3. The van der Waals surface area contributed by atoms with Crippen LogP contribution in [0.15, 0.2) is 54.6 Å². The van der Waals surface area contributed by atoms with Gasteiger partial charge in [-0.25, -0.2) is 13.2 Å². The Hall–Kier alpha value is -2.75. The molecule has 4 rings (SSSR count). The molecule has 0 heterocycles. The Morgan fingerprint density at radius 3 is 2.23 bits per heavy atom. The fraction of sp³-hybridized carbons (Fsp3) is 0.419. The lowest BCUT2D eigenvalue weighted by molar-refractivity contribution is 0.304. The van der Waals surface area contributed by atoms with E-state index in [0.29, 0.717) is 28.4 Å². The van der Waals surface area contributed by atoms with E-state index in [1.807, 2.05) is 12.1 Å². The van der Waals surface area contributed by atoms with Crippen LogP contribution in [-0.4, -0.2) is 0 Å². The fourth-order valence-electron chi connectivity index (χ4n) is 5.12. The van der Waals surface area contributed by atoms with Crippen molar-refractivity contribution in [1.82, 2.24) is 0 Å². The third-order valence-corrected chi connectivity index (χ3v) is 7.47. The van der Waals surface area contributed by atoms with E-state index >= 15 is 8.78 Å². The first-order chi connectivity index (χ1) is 17.0. The number of halogens is 3. The van der Waals surface area contributed by atoms with Gasteiger partial charge in [0.2, 0.25) is 0 Å². The standard InChI is InChI=1S/C31H35F3O/c1-3-5-6-25-15-16-26(19-29(25)32)35-20-22-9-13-24(14-10-22)28-18-17-27(30(33)31(28)34)23-11-7-21(4-2)8-12-23/h9-10,13-19,21,23H,3-8,11-12,20H2,1-2H3. The maximum atomic E-state index is 15.0. The molecule has 0 spiro atoms. The Balaban J connectivity index is 1.40. The molecule has 0 N–H and O–H groups in total. The summed E-state index contributed by atoms with van der Waals surface area (Å²) in [4.78, 5) is 0. The zero-order chi connectivity index (χ0) is 24.8. The van der Waals surface area contributed by atoms with Gasteiger partial charge in [0.25, 0.3) is 0 Å². The molecule has 35 heavy (non-hydrogen) atoms. The Kier molecular flexibility index (Phi) is 8.54. The summed E-state index contributed by atoms with van der Waals surface area (Å²) in [5.74, 6) is -0.437. The SMILES string of the molecule is CCCCc1ccc(OCc2ccc(-c3ccc(C4CCC(CC)CC4)c(F)c3F)cc2)cc1F. The van der Waals surface area contributed by atoms with Crippen LogP contribution in [-0.2, 0) is 13.0 Å². The van der Waals surface area contributed by atoms with Gasteiger partial charge in [0, 0.05) is 11.6 Å². The lowest BCUT2D eigenvalue weighted by Gasteiger charge is -2.28. The summed E-state index contributed by atoms with van der Waals surface area (Å²) in [6.07, 6.45) is 7.88. The average Bonchev–Trinajstić information content (AvgIpc) is 2.89. The summed E-state index contributed by atoms with van der Waals surface area (Å²) < 4.78 is 50.0. The predicted octanol–water partition coefficient (Wildman–Crippen LogP) is 9.38. The summed E-state index contributed by atoms with van der Waals surface area (Å²) in [7, 11) is 0. The van der Waals surface area contributed by atoms with Crippen molar-refractivity contribution in [3.05, 3.63) is 88.7 Å². The van der Waals surface area contributed by atoms with Crippen molar-refractivity contribution in [3.8, 4) is 16.9 Å². The molecule has 0 aliphatic heterocycles. The van der Waals surface area contributed by atoms with Crippen LogP contribution in [0.5, 0.6) is 5.75 Å². The molecule has 1 saturated carbocycles. The van der Waals surface area contributed by atoms with Gasteiger partial charge in [-0.05, 0) is 78.7 Å². The highest BCUT2D eigenvalue weighted by Crippen LogP contribution is 2.39. The van der Waals surface area contributed by atoms with Gasteiger partial charge in [0.15, 0.2) is 11.6 Å². The quantitative estimate of drug-likeness (QED) is 0.296. The van der Waals surface area contributed by atoms with Gasteiger partial charge >= 0.3 is 0 Å². The molecule has 3 aromatic carbocycles. The van der Waals surface area contributed by atoms with Crippen LogP contribution in [0.1, 0.15) is 81.4 Å². The highest BCUT2D eigenvalue weighted by Gasteiger charge is 2.26. The van der Waals surface area contributed by atoms with E-state index in [9.17, 15) is 4.39 Å². The number of aryl methyl sites for hydroxylation is 1. The van der Waals surface area contributed by atoms with Crippen molar-refractivity contribution < 1.29 is 17.9 Å². The minimum Gasteiger partial charge on any atom is -0.489 e. The van der Waals surface area contributed by atoms with Crippen LogP contribution in [0.25, 0.3) is 11.1 Å². The summed E-state index contributed by atoms with van der Waals surface area (Å²) in [6.45, 7) is 4.55. The number of hydrogen-bond donors (Lipinski definition) is 0. The molecule has 0 amide bonds. The third kappa shape index (κ3) is 6.09. The molecule has 0 unspecified atom stereocenters. The highest BCUT2D eigenvalue weighted by atomic mass is 19.2. The van der Waals surface area contributed by atoms with Gasteiger partial charge < -0.3 is 4.74 Å². The molecule has 1 aliphatic rings. The number of benzene rings is 3. The van der Waals surface area contributed by atoms with E-state index in [0.717, 1.165) is 56.9 Å². The van der Waals surface area contributed by atoms with Crippen molar-refractivity contribution in [2.75, 3.05) is 0 Å². The first-order valence-corrected chi connectivity index (χ1v) is 13.0. The van der Waals surface area contributed by atoms with Crippen molar-refractivity contribution in [2.45, 2.75) is 77.7 Å². The van der Waals surface area contributed by atoms with Crippen LogP contribution in [0.3, 0.4) is 0 Å². The van der Waals surface area contributed by atoms with Crippen LogP contribution >= 0.6 is 0 Å². The molecule has 0 aromatic heterocycles. The minimum atomic E-state index is -0.775. The van der Waals surface area contributed by atoms with Crippen LogP contribution in [0.4, 0.5) is 13.2 Å². The predicted molar refractivity (Wildman–Crippen MR) is 136 cm³/mol. The summed E-state index contributed by atoms with van der Waals surface area (Å²) in [5, 5.41) is 0. The first-order valence-electron chi connectivity index (χ1n) is 13.0. The molecule has 0 atom stereocenters. The normalized spacial score (nSPS) is 18.0. The average molecular weight is 481 g/mol. The monoisotopic (exact) mass is 480 g/mol. The van der Waals surface area contributed by atoms with E-state index in [1.54, 1.807) is 36.4 Å². The number of unbranched alkanes of at least 4 members (excludes halogenated alkanes) is 1. The molecule has 4 heteroatoms. The third-order valence-electron chi connectivity index (χ3n) is 7.47.